The van der Waals surface area contributed by atoms with Gasteiger partial charge in [-0.25, -0.2) is 14.8 Å². The molecule has 3 nitrogen and oxygen atoms in total. The van der Waals surface area contributed by atoms with Crippen molar-refractivity contribution in [1.29, 1.82) is 0 Å². The molecule has 8 aromatic carbocycles. The number of aromatic nitrogens is 2. The summed E-state index contributed by atoms with van der Waals surface area (Å²) in [6.45, 7) is 7.35. The molecule has 1 heterocycles. The van der Waals surface area contributed by atoms with Crippen molar-refractivity contribution in [3.8, 4) is 56.2 Å². The summed E-state index contributed by atoms with van der Waals surface area (Å²) >= 11 is 0. The van der Waals surface area contributed by atoms with Gasteiger partial charge < -0.3 is 0 Å². The molecule has 0 saturated carbocycles. The van der Waals surface area contributed by atoms with Crippen LogP contribution in [0.25, 0.3) is 93.3 Å². The molecular weight excluding hydrogens is 607 g/mol. The molecule has 9 rings (SSSR count). The molecule has 1 aromatic heterocycles. The zero-order valence-corrected chi connectivity index (χ0v) is 27.1. The highest BCUT2D eigenvalue weighted by molar-refractivity contribution is 6.27. The summed E-state index contributed by atoms with van der Waals surface area (Å²) in [6.07, 6.45) is 0. The number of nitrogens with zero attached hydrogens (tertiary/aromatic N) is 3. The van der Waals surface area contributed by atoms with Crippen LogP contribution in [0.2, 0.25) is 0 Å². The third-order valence-corrected chi connectivity index (χ3v) is 9.48. The van der Waals surface area contributed by atoms with Crippen LogP contribution in [-0.4, -0.2) is 9.97 Å². The van der Waals surface area contributed by atoms with Gasteiger partial charge in [-0.3, -0.25) is 0 Å². The Morgan fingerprint density at radius 1 is 0.380 bits per heavy atom. The summed E-state index contributed by atoms with van der Waals surface area (Å²) in [5.41, 5.74) is 9.93. The molecule has 0 spiro atoms. The van der Waals surface area contributed by atoms with Gasteiger partial charge >= 0.3 is 0 Å². The van der Waals surface area contributed by atoms with Gasteiger partial charge in [-0.1, -0.05) is 164 Å². The zero-order chi connectivity index (χ0) is 33.4. The first kappa shape index (κ1) is 29.3. The van der Waals surface area contributed by atoms with E-state index in [1.807, 2.05) is 42.5 Å². The van der Waals surface area contributed by atoms with E-state index in [1.165, 1.54) is 32.7 Å². The molecule has 0 bridgehead atoms. The van der Waals surface area contributed by atoms with E-state index in [1.54, 1.807) is 0 Å². The van der Waals surface area contributed by atoms with Gasteiger partial charge in [-0.15, -0.1) is 0 Å². The first-order valence-corrected chi connectivity index (χ1v) is 16.7. The Kier molecular flexibility index (Phi) is 7.19. The standard InChI is InChI=1S/C47H29N3/c1-48-37-26-23-31(24-27-37)35-18-12-19-36(29-35)42-30-43(50-47(49-42)34-16-6-3-7-17-34)45-40-22-11-10-21-39(40)44(33-14-4-2-5-15-33)46-38-20-9-8-13-32(38)25-28-41(45)46/h2-30H. The fraction of sp³-hybridized carbons (Fsp3) is 0. The predicted octanol–water partition coefficient (Wildman–Crippen LogP) is 12.8. The van der Waals surface area contributed by atoms with Crippen LogP contribution in [0.15, 0.2) is 176 Å². The third kappa shape index (κ3) is 5.08. The Morgan fingerprint density at radius 2 is 0.980 bits per heavy atom. The maximum atomic E-state index is 7.35. The Hall–Kier alpha value is -6.89. The van der Waals surface area contributed by atoms with Gasteiger partial charge in [-0.05, 0) is 66.7 Å². The lowest BCUT2D eigenvalue weighted by molar-refractivity contribution is 1.19. The molecule has 9 aromatic rings. The van der Waals surface area contributed by atoms with Crippen molar-refractivity contribution in [2.24, 2.45) is 0 Å². The van der Waals surface area contributed by atoms with Crippen molar-refractivity contribution < 1.29 is 0 Å². The lowest BCUT2D eigenvalue weighted by Crippen LogP contribution is -1.98. The molecular formula is C47H29N3. The molecule has 0 N–H and O–H groups in total. The Morgan fingerprint density at radius 3 is 1.72 bits per heavy atom. The largest absolute Gasteiger partial charge is 0.238 e. The average Bonchev–Trinajstić information content (AvgIpc) is 3.20. The van der Waals surface area contributed by atoms with E-state index in [0.29, 0.717) is 11.5 Å². The maximum absolute atomic E-state index is 7.35. The van der Waals surface area contributed by atoms with Crippen LogP contribution in [-0.2, 0) is 0 Å². The van der Waals surface area contributed by atoms with Crippen LogP contribution in [0.1, 0.15) is 0 Å². The van der Waals surface area contributed by atoms with Crippen molar-refractivity contribution in [2.75, 3.05) is 0 Å². The molecule has 50 heavy (non-hydrogen) atoms. The highest BCUT2D eigenvalue weighted by atomic mass is 14.9. The van der Waals surface area contributed by atoms with E-state index < -0.39 is 0 Å². The van der Waals surface area contributed by atoms with Gasteiger partial charge in [-0.2, -0.15) is 0 Å². The second-order valence-electron chi connectivity index (χ2n) is 12.4. The molecule has 0 atom stereocenters. The molecule has 232 valence electrons. The highest BCUT2D eigenvalue weighted by Gasteiger charge is 2.21. The SMILES string of the molecule is [C-]#[N+]c1ccc(-c2cccc(-c3cc(-c4c5ccccc5c(-c5ccccc5)c5c4ccc4ccccc45)nc(-c4ccccc4)n3)c2)cc1. The van der Waals surface area contributed by atoms with E-state index in [2.05, 4.69) is 138 Å². The molecule has 3 heteroatoms. The number of fused-ring (bicyclic) bond motifs is 4. The topological polar surface area (TPSA) is 30.1 Å². The minimum atomic E-state index is 0.628. The second-order valence-corrected chi connectivity index (χ2v) is 12.4. The number of benzene rings is 8. The second kappa shape index (κ2) is 12.3. The average molecular weight is 636 g/mol. The molecule has 0 aliphatic rings. The monoisotopic (exact) mass is 635 g/mol. The molecule has 0 fully saturated rings. The van der Waals surface area contributed by atoms with Crippen LogP contribution in [0.3, 0.4) is 0 Å². The fourth-order valence-corrected chi connectivity index (χ4v) is 7.15. The normalized spacial score (nSPS) is 11.2. The van der Waals surface area contributed by atoms with E-state index in [4.69, 9.17) is 16.5 Å². The van der Waals surface area contributed by atoms with Gasteiger partial charge in [0.15, 0.2) is 11.5 Å². The van der Waals surface area contributed by atoms with Gasteiger partial charge in [0.2, 0.25) is 0 Å². The molecule has 0 radical (unpaired) electrons. The third-order valence-electron chi connectivity index (χ3n) is 9.48. The molecule has 0 saturated heterocycles. The molecule has 0 aliphatic heterocycles. The van der Waals surface area contributed by atoms with Crippen molar-refractivity contribution in [2.45, 2.75) is 0 Å². The first-order valence-electron chi connectivity index (χ1n) is 16.7. The molecule has 0 unspecified atom stereocenters. The number of hydrogen-bond acceptors (Lipinski definition) is 2. The lowest BCUT2D eigenvalue weighted by atomic mass is 9.85. The van der Waals surface area contributed by atoms with Crippen molar-refractivity contribution >= 4 is 38.0 Å². The summed E-state index contributed by atoms with van der Waals surface area (Å²) in [5, 5.41) is 7.11. The fourth-order valence-electron chi connectivity index (χ4n) is 7.15. The van der Waals surface area contributed by atoms with Gasteiger partial charge in [0.05, 0.1) is 18.0 Å². The van der Waals surface area contributed by atoms with E-state index in [9.17, 15) is 0 Å². The van der Waals surface area contributed by atoms with Crippen molar-refractivity contribution in [3.63, 3.8) is 0 Å². The number of hydrogen-bond donors (Lipinski definition) is 0. The summed E-state index contributed by atoms with van der Waals surface area (Å²) in [6, 6.07) is 61.2. The first-order chi connectivity index (χ1) is 24.7. The zero-order valence-electron chi connectivity index (χ0n) is 27.1. The van der Waals surface area contributed by atoms with Crippen LogP contribution >= 0.6 is 0 Å². The van der Waals surface area contributed by atoms with Crippen molar-refractivity contribution in [3.05, 3.63) is 187 Å². The summed E-state index contributed by atoms with van der Waals surface area (Å²) in [4.78, 5) is 14.1. The Labute approximate surface area is 290 Å². The Balaban J connectivity index is 1.36. The van der Waals surface area contributed by atoms with Gasteiger partial charge in [0, 0.05) is 16.7 Å². The number of rotatable bonds is 5. The van der Waals surface area contributed by atoms with Crippen molar-refractivity contribution in [1.82, 2.24) is 9.97 Å². The molecule has 0 aliphatic carbocycles. The van der Waals surface area contributed by atoms with E-state index in [-0.39, 0.29) is 0 Å². The quantitative estimate of drug-likeness (QED) is 0.107. The van der Waals surface area contributed by atoms with E-state index in [0.717, 1.165) is 50.0 Å². The highest BCUT2D eigenvalue weighted by Crippen LogP contribution is 2.46. The minimum Gasteiger partial charge on any atom is -0.238 e. The van der Waals surface area contributed by atoms with Gasteiger partial charge in [0.25, 0.3) is 0 Å². The van der Waals surface area contributed by atoms with E-state index >= 15 is 0 Å². The smallest absolute Gasteiger partial charge is 0.187 e. The van der Waals surface area contributed by atoms with Crippen LogP contribution in [0.5, 0.6) is 0 Å². The molecule has 0 amide bonds. The predicted molar refractivity (Wildman–Crippen MR) is 208 cm³/mol. The van der Waals surface area contributed by atoms with Gasteiger partial charge in [0.1, 0.15) is 0 Å². The van der Waals surface area contributed by atoms with Crippen LogP contribution in [0, 0.1) is 6.57 Å². The lowest BCUT2D eigenvalue weighted by Gasteiger charge is -2.19. The summed E-state index contributed by atoms with van der Waals surface area (Å²) in [7, 11) is 0. The minimum absolute atomic E-state index is 0.628. The summed E-state index contributed by atoms with van der Waals surface area (Å²) < 4.78 is 0. The van der Waals surface area contributed by atoms with Crippen LogP contribution in [0.4, 0.5) is 5.69 Å². The summed E-state index contributed by atoms with van der Waals surface area (Å²) in [5.74, 6) is 0.676. The van der Waals surface area contributed by atoms with Crippen LogP contribution < -0.4 is 0 Å². The Bertz CT molecular complexity index is 2740. The maximum Gasteiger partial charge on any atom is 0.187 e.